The topological polar surface area (TPSA) is 84.6 Å². The van der Waals surface area contributed by atoms with Crippen molar-refractivity contribution in [1.29, 1.82) is 0 Å². The Hall–Kier alpha value is -1.84. The van der Waals surface area contributed by atoms with E-state index in [0.717, 1.165) is 11.3 Å². The first-order valence-corrected chi connectivity index (χ1v) is 8.79. The van der Waals surface area contributed by atoms with Crippen molar-refractivity contribution in [1.82, 2.24) is 20.6 Å². The molecule has 2 aromatic rings. The van der Waals surface area contributed by atoms with Crippen molar-refractivity contribution in [3.05, 3.63) is 41.7 Å². The molecule has 2 aromatic heterocycles. The van der Waals surface area contributed by atoms with Gasteiger partial charge in [-0.15, -0.1) is 24.0 Å². The SMILES string of the molecule is CN=C(NCc1ccc(OC(C)C)nc1)NCc1ncc(C(C)(C)C)o1.I. The Labute approximate surface area is 178 Å². The summed E-state index contributed by atoms with van der Waals surface area (Å²) in [7, 11) is 1.73. The van der Waals surface area contributed by atoms with E-state index in [9.17, 15) is 0 Å². The Balaban J connectivity index is 0.00000364. The van der Waals surface area contributed by atoms with E-state index in [2.05, 4.69) is 46.4 Å². The fourth-order valence-electron chi connectivity index (χ4n) is 2.13. The van der Waals surface area contributed by atoms with Crippen LogP contribution in [0.3, 0.4) is 0 Å². The second kappa shape index (κ2) is 10.5. The van der Waals surface area contributed by atoms with Gasteiger partial charge in [-0.05, 0) is 19.4 Å². The fourth-order valence-corrected chi connectivity index (χ4v) is 2.13. The highest BCUT2D eigenvalue weighted by molar-refractivity contribution is 14.0. The lowest BCUT2D eigenvalue weighted by molar-refractivity contribution is 0.232. The van der Waals surface area contributed by atoms with Gasteiger partial charge in [0.05, 0.1) is 18.8 Å². The van der Waals surface area contributed by atoms with Crippen LogP contribution in [-0.2, 0) is 18.5 Å². The number of guanidine groups is 1. The Morgan fingerprint density at radius 1 is 1.15 bits per heavy atom. The maximum atomic E-state index is 5.77. The molecule has 0 amide bonds. The third-order valence-corrected chi connectivity index (χ3v) is 3.54. The van der Waals surface area contributed by atoms with Gasteiger partial charge in [0, 0.05) is 31.3 Å². The summed E-state index contributed by atoms with van der Waals surface area (Å²) < 4.78 is 11.3. The standard InChI is InChI=1S/C19H29N5O2.HI/c1-13(2)25-16-8-7-14(9-21-16)10-23-18(20-6)24-12-17-22-11-15(26-17)19(3,4)5;/h7-9,11,13H,10,12H2,1-6H3,(H2,20,23,24);1H. The minimum atomic E-state index is -0.0520. The number of hydrogen-bond donors (Lipinski definition) is 2. The molecule has 0 aromatic carbocycles. The number of aromatic nitrogens is 2. The van der Waals surface area contributed by atoms with Gasteiger partial charge in [-0.3, -0.25) is 4.99 Å². The van der Waals surface area contributed by atoms with Gasteiger partial charge in [0.25, 0.3) is 0 Å². The summed E-state index contributed by atoms with van der Waals surface area (Å²) in [5.74, 6) is 2.80. The highest BCUT2D eigenvalue weighted by Gasteiger charge is 2.19. The molecule has 2 rings (SSSR count). The summed E-state index contributed by atoms with van der Waals surface area (Å²) in [6.45, 7) is 11.3. The Morgan fingerprint density at radius 2 is 1.85 bits per heavy atom. The van der Waals surface area contributed by atoms with Crippen LogP contribution in [0.2, 0.25) is 0 Å². The first kappa shape index (κ1) is 23.2. The summed E-state index contributed by atoms with van der Waals surface area (Å²) >= 11 is 0. The summed E-state index contributed by atoms with van der Waals surface area (Å²) in [5, 5.41) is 6.44. The van der Waals surface area contributed by atoms with Crippen LogP contribution in [0.15, 0.2) is 33.9 Å². The predicted molar refractivity (Wildman–Crippen MR) is 118 cm³/mol. The molecule has 0 spiro atoms. The first-order chi connectivity index (χ1) is 12.3. The van der Waals surface area contributed by atoms with E-state index in [0.29, 0.717) is 30.8 Å². The minimum Gasteiger partial charge on any atom is -0.475 e. The molecule has 27 heavy (non-hydrogen) atoms. The van der Waals surface area contributed by atoms with Crippen LogP contribution in [0.4, 0.5) is 0 Å². The molecule has 0 fully saturated rings. The number of hydrogen-bond acceptors (Lipinski definition) is 5. The molecule has 0 atom stereocenters. The number of aliphatic imine (C=N–C) groups is 1. The molecule has 0 radical (unpaired) electrons. The average Bonchev–Trinajstić information content (AvgIpc) is 3.05. The Kier molecular flexibility index (Phi) is 9.01. The summed E-state index contributed by atoms with van der Waals surface area (Å²) in [6, 6.07) is 3.85. The fraction of sp³-hybridized carbons (Fsp3) is 0.526. The van der Waals surface area contributed by atoms with E-state index in [1.165, 1.54) is 0 Å². The van der Waals surface area contributed by atoms with Crippen LogP contribution >= 0.6 is 24.0 Å². The van der Waals surface area contributed by atoms with Gasteiger partial charge in [-0.25, -0.2) is 9.97 Å². The van der Waals surface area contributed by atoms with E-state index < -0.39 is 0 Å². The number of halogens is 1. The lowest BCUT2D eigenvalue weighted by Crippen LogP contribution is -2.36. The molecular formula is C19H30IN5O2. The number of pyridine rings is 1. The second-order valence-corrected chi connectivity index (χ2v) is 7.32. The molecule has 0 aliphatic rings. The molecular weight excluding hydrogens is 457 g/mol. The maximum Gasteiger partial charge on any atom is 0.213 e. The summed E-state index contributed by atoms with van der Waals surface area (Å²) in [5.41, 5.74) is 0.985. The van der Waals surface area contributed by atoms with Gasteiger partial charge in [0.2, 0.25) is 11.8 Å². The predicted octanol–water partition coefficient (Wildman–Crippen LogP) is 3.64. The second-order valence-electron chi connectivity index (χ2n) is 7.32. The monoisotopic (exact) mass is 487 g/mol. The van der Waals surface area contributed by atoms with Gasteiger partial charge in [-0.1, -0.05) is 26.8 Å². The zero-order valence-corrected chi connectivity index (χ0v) is 19.2. The van der Waals surface area contributed by atoms with Crippen molar-refractivity contribution in [3.8, 4) is 5.88 Å². The van der Waals surface area contributed by atoms with Gasteiger partial charge >= 0.3 is 0 Å². The minimum absolute atomic E-state index is 0. The lowest BCUT2D eigenvalue weighted by atomic mass is 9.94. The lowest BCUT2D eigenvalue weighted by Gasteiger charge is -2.13. The van der Waals surface area contributed by atoms with Crippen molar-refractivity contribution in [2.45, 2.75) is 59.2 Å². The van der Waals surface area contributed by atoms with Crippen molar-refractivity contribution >= 4 is 29.9 Å². The molecule has 2 heterocycles. The number of nitrogens with one attached hydrogen (secondary N) is 2. The van der Waals surface area contributed by atoms with E-state index in [-0.39, 0.29) is 35.5 Å². The maximum absolute atomic E-state index is 5.77. The first-order valence-electron chi connectivity index (χ1n) is 8.79. The average molecular weight is 487 g/mol. The molecule has 0 aliphatic heterocycles. The number of nitrogens with zero attached hydrogens (tertiary/aromatic N) is 3. The van der Waals surface area contributed by atoms with E-state index >= 15 is 0 Å². The molecule has 7 nitrogen and oxygen atoms in total. The van der Waals surface area contributed by atoms with E-state index in [4.69, 9.17) is 9.15 Å². The van der Waals surface area contributed by atoms with Crippen LogP contribution < -0.4 is 15.4 Å². The third kappa shape index (κ3) is 7.74. The molecule has 0 saturated heterocycles. The summed E-state index contributed by atoms with van der Waals surface area (Å²) in [6.07, 6.45) is 3.69. The molecule has 0 saturated carbocycles. The zero-order chi connectivity index (χ0) is 19.2. The summed E-state index contributed by atoms with van der Waals surface area (Å²) in [4.78, 5) is 12.8. The molecule has 8 heteroatoms. The van der Waals surface area contributed by atoms with Crippen LogP contribution in [-0.4, -0.2) is 29.1 Å². The zero-order valence-electron chi connectivity index (χ0n) is 16.9. The molecule has 0 unspecified atom stereocenters. The van der Waals surface area contributed by atoms with Gasteiger partial charge in [0.1, 0.15) is 5.76 Å². The molecule has 2 N–H and O–H groups in total. The number of ether oxygens (including phenoxy) is 1. The van der Waals surface area contributed by atoms with Crippen molar-refractivity contribution in [2.24, 2.45) is 4.99 Å². The highest BCUT2D eigenvalue weighted by Crippen LogP contribution is 2.22. The van der Waals surface area contributed by atoms with Crippen LogP contribution in [0, 0.1) is 0 Å². The molecule has 0 bridgehead atoms. The van der Waals surface area contributed by atoms with E-state index in [1.807, 2.05) is 26.0 Å². The number of rotatable bonds is 6. The van der Waals surface area contributed by atoms with Crippen molar-refractivity contribution < 1.29 is 9.15 Å². The smallest absolute Gasteiger partial charge is 0.213 e. The number of oxazole rings is 1. The van der Waals surface area contributed by atoms with Crippen LogP contribution in [0.5, 0.6) is 5.88 Å². The van der Waals surface area contributed by atoms with Crippen molar-refractivity contribution in [2.75, 3.05) is 7.05 Å². The largest absolute Gasteiger partial charge is 0.475 e. The molecule has 0 aliphatic carbocycles. The van der Waals surface area contributed by atoms with Crippen LogP contribution in [0.1, 0.15) is 51.8 Å². The van der Waals surface area contributed by atoms with Gasteiger partial charge in [-0.2, -0.15) is 0 Å². The Bertz CT molecular complexity index is 720. The van der Waals surface area contributed by atoms with Gasteiger partial charge < -0.3 is 19.8 Å². The highest BCUT2D eigenvalue weighted by atomic mass is 127. The molecule has 150 valence electrons. The normalized spacial score (nSPS) is 11.9. The van der Waals surface area contributed by atoms with Crippen LogP contribution in [0.25, 0.3) is 0 Å². The third-order valence-electron chi connectivity index (χ3n) is 3.54. The van der Waals surface area contributed by atoms with E-state index in [1.54, 1.807) is 19.4 Å². The van der Waals surface area contributed by atoms with Gasteiger partial charge in [0.15, 0.2) is 5.96 Å². The van der Waals surface area contributed by atoms with Crippen molar-refractivity contribution in [3.63, 3.8) is 0 Å². The Morgan fingerprint density at radius 3 is 2.37 bits per heavy atom. The quantitative estimate of drug-likeness (QED) is 0.368.